The summed E-state index contributed by atoms with van der Waals surface area (Å²) in [4.78, 5) is 26.6. The van der Waals surface area contributed by atoms with Crippen LogP contribution in [0.3, 0.4) is 0 Å². The van der Waals surface area contributed by atoms with Crippen LogP contribution in [-0.2, 0) is 33.7 Å². The van der Waals surface area contributed by atoms with Gasteiger partial charge in [0.2, 0.25) is 0 Å². The van der Waals surface area contributed by atoms with Gasteiger partial charge in [-0.1, -0.05) is 25.1 Å². The van der Waals surface area contributed by atoms with Crippen molar-refractivity contribution in [3.63, 3.8) is 0 Å². The average molecular weight is 418 g/mol. The lowest BCUT2D eigenvalue weighted by Gasteiger charge is -2.33. The number of aryl methyl sites for hydroxylation is 1. The Morgan fingerprint density at radius 1 is 1.36 bits per heavy atom. The summed E-state index contributed by atoms with van der Waals surface area (Å²) < 4.78 is 11.8. The molecule has 0 amide bonds. The second kappa shape index (κ2) is 7.57. The second-order valence-corrected chi connectivity index (χ2v) is 9.46. The van der Waals surface area contributed by atoms with E-state index < -0.39 is 0 Å². The number of carbonyl (C=O) groups is 1. The Bertz CT molecular complexity index is 1060. The molecule has 0 bridgehead atoms. The molecule has 3 aromatic rings. The maximum Gasteiger partial charge on any atom is 0.316 e. The van der Waals surface area contributed by atoms with Gasteiger partial charge in [-0.15, -0.1) is 11.3 Å². The number of hydrogen-bond acceptors (Lipinski definition) is 8. The first-order valence-electron chi connectivity index (χ1n) is 9.35. The van der Waals surface area contributed by atoms with Crippen LogP contribution in [0.4, 0.5) is 0 Å². The number of esters is 1. The molecule has 6 nitrogen and oxygen atoms in total. The molecule has 0 fully saturated rings. The quantitative estimate of drug-likeness (QED) is 0.348. The fourth-order valence-electron chi connectivity index (χ4n) is 3.58. The minimum Gasteiger partial charge on any atom is -0.468 e. The molecule has 0 aliphatic carbocycles. The Morgan fingerprint density at radius 2 is 2.18 bits per heavy atom. The summed E-state index contributed by atoms with van der Waals surface area (Å²) in [5, 5.41) is 1.92. The van der Waals surface area contributed by atoms with Crippen LogP contribution in [0, 0.1) is 0 Å². The molecule has 4 rings (SSSR count). The van der Waals surface area contributed by atoms with Crippen molar-refractivity contribution in [2.24, 2.45) is 0 Å². The van der Waals surface area contributed by atoms with E-state index in [-0.39, 0.29) is 17.3 Å². The van der Waals surface area contributed by atoms with Crippen LogP contribution in [0.5, 0.6) is 0 Å². The van der Waals surface area contributed by atoms with Crippen molar-refractivity contribution >= 4 is 49.5 Å². The molecule has 4 heterocycles. The average Bonchev–Trinajstić information content (AvgIpc) is 3.04. The highest BCUT2D eigenvalue weighted by Crippen LogP contribution is 2.42. The van der Waals surface area contributed by atoms with Crippen molar-refractivity contribution in [3.8, 4) is 0 Å². The van der Waals surface area contributed by atoms with Crippen LogP contribution >= 0.6 is 23.1 Å². The van der Waals surface area contributed by atoms with E-state index >= 15 is 0 Å². The van der Waals surface area contributed by atoms with Gasteiger partial charge in [-0.3, -0.25) is 4.79 Å². The number of rotatable bonds is 5. The van der Waals surface area contributed by atoms with E-state index in [0.29, 0.717) is 6.61 Å². The SMILES string of the molecule is CCCc1nc2sc3c(SCC(=O)OC)ncnc3c2c2c1COC(C)(C)C2. The van der Waals surface area contributed by atoms with Crippen LogP contribution in [0.1, 0.15) is 44.0 Å². The Kier molecular flexibility index (Phi) is 5.28. The van der Waals surface area contributed by atoms with Crippen LogP contribution in [0.2, 0.25) is 0 Å². The fraction of sp³-hybridized carbons (Fsp3) is 0.500. The van der Waals surface area contributed by atoms with E-state index in [0.717, 1.165) is 50.4 Å². The van der Waals surface area contributed by atoms with E-state index in [9.17, 15) is 4.79 Å². The molecule has 0 unspecified atom stereocenters. The molecular formula is C20H23N3O3S2. The number of fused-ring (bicyclic) bond motifs is 5. The number of nitrogens with zero attached hydrogens (tertiary/aromatic N) is 3. The summed E-state index contributed by atoms with van der Waals surface area (Å²) in [5.41, 5.74) is 4.36. The van der Waals surface area contributed by atoms with E-state index in [4.69, 9.17) is 14.5 Å². The summed E-state index contributed by atoms with van der Waals surface area (Å²) in [5.74, 6) is -0.0397. The van der Waals surface area contributed by atoms with Crippen molar-refractivity contribution in [3.05, 3.63) is 23.1 Å². The lowest BCUT2D eigenvalue weighted by molar-refractivity contribution is -0.137. The van der Waals surface area contributed by atoms with Crippen molar-refractivity contribution in [2.75, 3.05) is 12.9 Å². The molecule has 1 aliphatic heterocycles. The maximum absolute atomic E-state index is 11.6. The maximum atomic E-state index is 11.6. The van der Waals surface area contributed by atoms with E-state index in [2.05, 4.69) is 30.7 Å². The molecule has 0 N–H and O–H groups in total. The van der Waals surface area contributed by atoms with Crippen molar-refractivity contribution in [2.45, 2.75) is 57.3 Å². The molecule has 148 valence electrons. The smallest absolute Gasteiger partial charge is 0.316 e. The van der Waals surface area contributed by atoms with Crippen LogP contribution in [0.25, 0.3) is 20.4 Å². The lowest BCUT2D eigenvalue weighted by Crippen LogP contribution is -2.32. The molecular weight excluding hydrogens is 394 g/mol. The molecule has 0 saturated heterocycles. The van der Waals surface area contributed by atoms with Crippen LogP contribution in [0.15, 0.2) is 11.4 Å². The first-order valence-corrected chi connectivity index (χ1v) is 11.1. The number of carbonyl (C=O) groups excluding carboxylic acids is 1. The summed E-state index contributed by atoms with van der Waals surface area (Å²) in [6, 6.07) is 0. The highest BCUT2D eigenvalue weighted by molar-refractivity contribution is 8.00. The van der Waals surface area contributed by atoms with Crippen LogP contribution in [-0.4, -0.2) is 39.4 Å². The van der Waals surface area contributed by atoms with Gasteiger partial charge in [-0.2, -0.15) is 0 Å². The van der Waals surface area contributed by atoms with Crippen molar-refractivity contribution < 1.29 is 14.3 Å². The summed E-state index contributed by atoms with van der Waals surface area (Å²) >= 11 is 2.99. The predicted octanol–water partition coefficient (Wildman–Crippen LogP) is 4.31. The van der Waals surface area contributed by atoms with Crippen molar-refractivity contribution in [1.82, 2.24) is 15.0 Å². The lowest BCUT2D eigenvalue weighted by atomic mass is 9.88. The van der Waals surface area contributed by atoms with Gasteiger partial charge in [0.25, 0.3) is 0 Å². The van der Waals surface area contributed by atoms with Crippen molar-refractivity contribution in [1.29, 1.82) is 0 Å². The number of thioether (sulfide) groups is 1. The number of pyridine rings is 1. The number of ether oxygens (including phenoxy) is 2. The van der Waals surface area contributed by atoms with Gasteiger partial charge < -0.3 is 9.47 Å². The zero-order valence-electron chi connectivity index (χ0n) is 16.5. The number of thiophene rings is 1. The first-order chi connectivity index (χ1) is 13.4. The predicted molar refractivity (Wildman–Crippen MR) is 112 cm³/mol. The molecule has 0 atom stereocenters. The largest absolute Gasteiger partial charge is 0.468 e. The van der Waals surface area contributed by atoms with E-state index in [1.165, 1.54) is 30.0 Å². The highest BCUT2D eigenvalue weighted by Gasteiger charge is 2.31. The third-order valence-corrected chi connectivity index (χ3v) is 7.09. The third kappa shape index (κ3) is 3.49. The first kappa shape index (κ1) is 19.5. The van der Waals surface area contributed by atoms with Gasteiger partial charge in [0.15, 0.2) is 0 Å². The number of hydrogen-bond donors (Lipinski definition) is 0. The van der Waals surface area contributed by atoms with Gasteiger partial charge in [-0.05, 0) is 25.8 Å². The van der Waals surface area contributed by atoms with Gasteiger partial charge in [-0.25, -0.2) is 15.0 Å². The standard InChI is InChI=1S/C20H23N3O3S2/c1-5-6-13-12-8-26-20(2,3)7-11(12)15-16-17(28-18(15)23-13)19(22-10-21-16)27-9-14(24)25-4/h10H,5-9H2,1-4H3. The molecule has 8 heteroatoms. The number of aromatic nitrogens is 3. The van der Waals surface area contributed by atoms with E-state index in [1.807, 2.05) is 0 Å². The Balaban J connectivity index is 1.92. The highest BCUT2D eigenvalue weighted by atomic mass is 32.2. The van der Waals surface area contributed by atoms with Crippen LogP contribution < -0.4 is 0 Å². The summed E-state index contributed by atoms with van der Waals surface area (Å²) in [6.45, 7) is 7.02. The molecule has 1 aliphatic rings. The molecule has 0 aromatic carbocycles. The Hall–Kier alpha value is -1.77. The second-order valence-electron chi connectivity index (χ2n) is 7.49. The third-order valence-electron chi connectivity index (χ3n) is 4.92. The Labute approximate surface area is 172 Å². The molecule has 0 spiro atoms. The monoisotopic (exact) mass is 417 g/mol. The normalized spacial score (nSPS) is 15.7. The summed E-state index contributed by atoms with van der Waals surface area (Å²) in [7, 11) is 1.40. The Morgan fingerprint density at radius 3 is 2.93 bits per heavy atom. The molecule has 28 heavy (non-hydrogen) atoms. The fourth-order valence-corrected chi connectivity index (χ4v) is 5.67. The zero-order chi connectivity index (χ0) is 19.9. The molecule has 3 aromatic heterocycles. The zero-order valence-corrected chi connectivity index (χ0v) is 18.1. The number of methoxy groups -OCH3 is 1. The molecule has 0 saturated carbocycles. The molecule has 0 radical (unpaired) electrons. The topological polar surface area (TPSA) is 74.2 Å². The summed E-state index contributed by atoms with van der Waals surface area (Å²) in [6.07, 6.45) is 4.38. The minimum absolute atomic E-state index is 0.214. The van der Waals surface area contributed by atoms with E-state index in [1.54, 1.807) is 17.7 Å². The van der Waals surface area contributed by atoms with Gasteiger partial charge in [0.1, 0.15) is 16.2 Å². The van der Waals surface area contributed by atoms with Gasteiger partial charge in [0, 0.05) is 23.1 Å². The van der Waals surface area contributed by atoms with Gasteiger partial charge in [0.05, 0.1) is 35.3 Å². The van der Waals surface area contributed by atoms with Gasteiger partial charge >= 0.3 is 5.97 Å². The minimum atomic E-state index is -0.266.